The molecule has 0 saturated heterocycles. The zero-order chi connectivity index (χ0) is 23.3. The minimum atomic E-state index is -0.285. The minimum absolute atomic E-state index is 0.0337. The first kappa shape index (κ1) is 24.3. The van der Waals surface area contributed by atoms with Crippen molar-refractivity contribution < 1.29 is 9.59 Å². The number of hydrogen-bond donors (Lipinski definition) is 2. The molecule has 0 aliphatic heterocycles. The zero-order valence-electron chi connectivity index (χ0n) is 19.7. The Morgan fingerprint density at radius 1 is 1.16 bits per heavy atom. The summed E-state index contributed by atoms with van der Waals surface area (Å²) in [5.41, 5.74) is 1.73. The monoisotopic (exact) mass is 457 g/mol. The molecule has 32 heavy (non-hydrogen) atoms. The first-order chi connectivity index (χ1) is 15.3. The lowest BCUT2D eigenvalue weighted by Crippen LogP contribution is -2.41. The number of benzene rings is 1. The molecule has 2 amide bonds. The number of carbonyl (C=O) groups excluding carboxylic acids is 2. The Morgan fingerprint density at radius 3 is 2.50 bits per heavy atom. The smallest absolute Gasteiger partial charge is 0.251 e. The number of carbonyl (C=O) groups is 2. The van der Waals surface area contributed by atoms with Gasteiger partial charge in [0, 0.05) is 18.7 Å². The van der Waals surface area contributed by atoms with E-state index in [0.717, 1.165) is 12.0 Å². The van der Waals surface area contributed by atoms with Crippen LogP contribution >= 0.6 is 11.8 Å². The van der Waals surface area contributed by atoms with Crippen molar-refractivity contribution in [3.63, 3.8) is 0 Å². The zero-order valence-corrected chi connectivity index (χ0v) is 20.5. The van der Waals surface area contributed by atoms with Crippen molar-refractivity contribution in [1.29, 1.82) is 0 Å². The Balaban J connectivity index is 1.62. The molecule has 2 aromatic rings. The third-order valence-corrected chi connectivity index (χ3v) is 7.22. The van der Waals surface area contributed by atoms with Gasteiger partial charge in [-0.3, -0.25) is 9.59 Å². The van der Waals surface area contributed by atoms with Crippen LogP contribution < -0.4 is 10.6 Å². The van der Waals surface area contributed by atoms with Crippen molar-refractivity contribution >= 4 is 23.6 Å². The molecule has 1 aromatic heterocycles. The van der Waals surface area contributed by atoms with Crippen molar-refractivity contribution in [3.05, 3.63) is 41.2 Å². The highest BCUT2D eigenvalue weighted by molar-refractivity contribution is 7.99. The molecular weight excluding hydrogens is 422 g/mol. The Labute approximate surface area is 195 Å². The molecule has 1 aliphatic rings. The molecule has 0 unspecified atom stereocenters. The van der Waals surface area contributed by atoms with E-state index in [2.05, 4.69) is 27.8 Å². The molecule has 2 N–H and O–H groups in total. The highest BCUT2D eigenvalue weighted by Gasteiger charge is 2.26. The minimum Gasteiger partial charge on any atom is -0.352 e. The molecule has 3 atom stereocenters. The lowest BCUT2D eigenvalue weighted by molar-refractivity contribution is -0.119. The molecule has 0 spiro atoms. The maximum atomic E-state index is 12.8. The van der Waals surface area contributed by atoms with Gasteiger partial charge in [0.05, 0.1) is 11.8 Å². The average molecular weight is 458 g/mol. The third kappa shape index (κ3) is 6.12. The summed E-state index contributed by atoms with van der Waals surface area (Å²) in [7, 11) is 1.88. The number of amides is 2. The fourth-order valence-corrected chi connectivity index (χ4v) is 4.82. The van der Waals surface area contributed by atoms with Crippen molar-refractivity contribution in [1.82, 2.24) is 25.4 Å². The summed E-state index contributed by atoms with van der Waals surface area (Å²) in [4.78, 5) is 25.2. The number of nitrogens with zero attached hydrogens (tertiary/aromatic N) is 3. The van der Waals surface area contributed by atoms with E-state index in [0.29, 0.717) is 28.2 Å². The highest BCUT2D eigenvalue weighted by Crippen LogP contribution is 2.26. The van der Waals surface area contributed by atoms with Crippen LogP contribution in [-0.2, 0) is 11.8 Å². The van der Waals surface area contributed by atoms with E-state index in [1.54, 1.807) is 0 Å². The highest BCUT2D eigenvalue weighted by atomic mass is 32.2. The van der Waals surface area contributed by atoms with Crippen molar-refractivity contribution in [2.75, 3.05) is 5.75 Å². The lowest BCUT2D eigenvalue weighted by Gasteiger charge is -2.29. The first-order valence-electron chi connectivity index (χ1n) is 11.4. The standard InChI is InChI=1S/C24H35N5O2S/c1-15(2)21(26-23(31)18-12-10-16(3)11-13-18)22-27-28-24(29(22)5)32-14-20(30)25-19-9-7-6-8-17(19)4/h10-13,15,17,19,21H,6-9,14H2,1-5H3,(H,25,30)(H,26,31)/t17-,19+,21-/m0/s1. The Hall–Kier alpha value is -2.35. The fraction of sp³-hybridized carbons (Fsp3) is 0.583. The van der Waals surface area contributed by atoms with Gasteiger partial charge in [0.1, 0.15) is 0 Å². The lowest BCUT2D eigenvalue weighted by atomic mass is 9.86. The molecule has 174 valence electrons. The number of rotatable bonds is 8. The van der Waals surface area contributed by atoms with Crippen LogP contribution in [0.4, 0.5) is 0 Å². The molecule has 1 aliphatic carbocycles. The van der Waals surface area contributed by atoms with Gasteiger partial charge in [-0.15, -0.1) is 10.2 Å². The van der Waals surface area contributed by atoms with Gasteiger partial charge in [0.15, 0.2) is 11.0 Å². The molecule has 1 heterocycles. The van der Waals surface area contributed by atoms with Gasteiger partial charge < -0.3 is 15.2 Å². The summed E-state index contributed by atoms with van der Waals surface area (Å²) in [5.74, 6) is 1.54. The van der Waals surface area contributed by atoms with E-state index in [1.165, 1.54) is 31.0 Å². The van der Waals surface area contributed by atoms with Gasteiger partial charge in [-0.2, -0.15) is 0 Å². The second kappa shape index (κ2) is 11.0. The predicted octanol–water partition coefficient (Wildman–Crippen LogP) is 4.04. The maximum Gasteiger partial charge on any atom is 0.251 e. The topological polar surface area (TPSA) is 88.9 Å². The van der Waals surface area contributed by atoms with Crippen LogP contribution in [0.1, 0.15) is 74.2 Å². The second-order valence-electron chi connectivity index (χ2n) is 9.19. The van der Waals surface area contributed by atoms with Crippen molar-refractivity contribution in [2.24, 2.45) is 18.9 Å². The van der Waals surface area contributed by atoms with Crippen molar-refractivity contribution in [2.45, 2.75) is 70.6 Å². The van der Waals surface area contributed by atoms with Gasteiger partial charge in [0.2, 0.25) is 5.91 Å². The largest absolute Gasteiger partial charge is 0.352 e. The summed E-state index contributed by atoms with van der Waals surface area (Å²) in [6, 6.07) is 7.49. The molecule has 3 rings (SSSR count). The molecule has 1 saturated carbocycles. The number of thioether (sulfide) groups is 1. The molecule has 1 fully saturated rings. The Kier molecular flexibility index (Phi) is 8.34. The maximum absolute atomic E-state index is 12.8. The molecular formula is C24H35N5O2S. The Bertz CT molecular complexity index is 925. The number of aromatic nitrogens is 3. The van der Waals surface area contributed by atoms with Crippen LogP contribution in [0, 0.1) is 18.8 Å². The fourth-order valence-electron chi connectivity index (χ4n) is 4.09. The van der Waals surface area contributed by atoms with Crippen LogP contribution in [0.2, 0.25) is 0 Å². The molecule has 1 aromatic carbocycles. The van der Waals surface area contributed by atoms with Crippen molar-refractivity contribution in [3.8, 4) is 0 Å². The quantitative estimate of drug-likeness (QED) is 0.584. The van der Waals surface area contributed by atoms with E-state index in [1.807, 2.05) is 56.7 Å². The van der Waals surface area contributed by atoms with E-state index in [9.17, 15) is 9.59 Å². The van der Waals surface area contributed by atoms with E-state index in [-0.39, 0.29) is 29.8 Å². The van der Waals surface area contributed by atoms with Crippen LogP contribution in [0.15, 0.2) is 29.4 Å². The molecule has 8 heteroatoms. The number of nitrogens with one attached hydrogen (secondary N) is 2. The second-order valence-corrected chi connectivity index (χ2v) is 10.1. The van der Waals surface area contributed by atoms with Crippen LogP contribution in [0.3, 0.4) is 0 Å². The third-order valence-electron chi connectivity index (χ3n) is 6.20. The van der Waals surface area contributed by atoms with Crippen LogP contribution in [0.5, 0.6) is 0 Å². The van der Waals surface area contributed by atoms with Gasteiger partial charge in [-0.25, -0.2) is 0 Å². The SMILES string of the molecule is Cc1ccc(C(=O)N[C@H](c2nnc(SCC(=O)N[C@@H]3CCCC[C@@H]3C)n2C)C(C)C)cc1. The van der Waals surface area contributed by atoms with Gasteiger partial charge >= 0.3 is 0 Å². The van der Waals surface area contributed by atoms with E-state index in [4.69, 9.17) is 0 Å². The van der Waals surface area contributed by atoms with Gasteiger partial charge in [0.25, 0.3) is 5.91 Å². The Morgan fingerprint density at radius 2 is 1.84 bits per heavy atom. The number of aryl methyl sites for hydroxylation is 1. The summed E-state index contributed by atoms with van der Waals surface area (Å²) < 4.78 is 1.88. The summed E-state index contributed by atoms with van der Waals surface area (Å²) >= 11 is 1.38. The van der Waals surface area contributed by atoms with Gasteiger partial charge in [-0.1, -0.05) is 63.1 Å². The normalized spacial score (nSPS) is 19.6. The predicted molar refractivity (Wildman–Crippen MR) is 128 cm³/mol. The first-order valence-corrected chi connectivity index (χ1v) is 12.4. The average Bonchev–Trinajstić information content (AvgIpc) is 3.12. The number of hydrogen-bond acceptors (Lipinski definition) is 5. The van der Waals surface area contributed by atoms with Crippen LogP contribution in [0.25, 0.3) is 0 Å². The molecule has 0 bridgehead atoms. The molecule has 0 radical (unpaired) electrons. The summed E-state index contributed by atoms with van der Waals surface area (Å²) in [5, 5.41) is 15.6. The summed E-state index contributed by atoms with van der Waals surface area (Å²) in [6.07, 6.45) is 4.67. The van der Waals surface area contributed by atoms with Gasteiger partial charge in [-0.05, 0) is 43.7 Å². The van der Waals surface area contributed by atoms with Crippen LogP contribution in [-0.4, -0.2) is 38.4 Å². The van der Waals surface area contributed by atoms with E-state index >= 15 is 0 Å². The van der Waals surface area contributed by atoms with E-state index < -0.39 is 0 Å². The molecule has 7 nitrogen and oxygen atoms in total. The summed E-state index contributed by atoms with van der Waals surface area (Å²) in [6.45, 7) is 8.29.